The molecule has 1 aliphatic rings. The fourth-order valence-corrected chi connectivity index (χ4v) is 5.00. The van der Waals surface area contributed by atoms with Crippen LogP contribution in [0.4, 0.5) is 26.3 Å². The maximum atomic E-state index is 15.0. The first kappa shape index (κ1) is 26.8. The molecule has 1 saturated carbocycles. The Kier molecular flexibility index (Phi) is 7.95. The number of carbonyl (C=O) groups is 1. The zero-order chi connectivity index (χ0) is 26.9. The molecule has 2 nitrogen and oxygen atoms in total. The fraction of sp³-hybridized carbons (Fsp3) is 0.345. The predicted molar refractivity (Wildman–Crippen MR) is 127 cm³/mol. The molecule has 3 aromatic rings. The highest BCUT2D eigenvalue weighted by Crippen LogP contribution is 2.42. The number of aryl methyl sites for hydroxylation is 2. The quantitative estimate of drug-likeness (QED) is 0.185. The molecule has 37 heavy (non-hydrogen) atoms. The lowest BCUT2D eigenvalue weighted by Crippen LogP contribution is -2.17. The summed E-state index contributed by atoms with van der Waals surface area (Å²) < 4.78 is 91.5. The third kappa shape index (κ3) is 5.24. The van der Waals surface area contributed by atoms with Gasteiger partial charge in [0.05, 0.1) is 5.56 Å². The molecule has 3 aromatic carbocycles. The molecule has 0 heterocycles. The molecule has 0 aromatic heterocycles. The molecule has 196 valence electrons. The van der Waals surface area contributed by atoms with Crippen molar-refractivity contribution in [2.45, 2.75) is 64.2 Å². The van der Waals surface area contributed by atoms with Gasteiger partial charge >= 0.3 is 5.97 Å². The molecule has 0 radical (unpaired) electrons. The Balaban J connectivity index is 1.48. The first-order valence-electron chi connectivity index (χ1n) is 12.2. The molecule has 0 bridgehead atoms. The monoisotopic (exact) mass is 520 g/mol. The molecule has 0 unspecified atom stereocenters. The van der Waals surface area contributed by atoms with E-state index in [0.717, 1.165) is 12.1 Å². The van der Waals surface area contributed by atoms with Crippen molar-refractivity contribution in [3.8, 4) is 5.75 Å². The second kappa shape index (κ2) is 11.0. The van der Waals surface area contributed by atoms with Crippen LogP contribution >= 0.6 is 0 Å². The summed E-state index contributed by atoms with van der Waals surface area (Å²) >= 11 is 0. The largest absolute Gasteiger partial charge is 0.420 e. The van der Waals surface area contributed by atoms with Gasteiger partial charge in [-0.1, -0.05) is 37.6 Å². The third-order valence-corrected chi connectivity index (χ3v) is 7.09. The van der Waals surface area contributed by atoms with Gasteiger partial charge in [0, 0.05) is 0 Å². The van der Waals surface area contributed by atoms with E-state index < -0.39 is 52.2 Å². The van der Waals surface area contributed by atoms with Gasteiger partial charge in [0.25, 0.3) is 0 Å². The SMILES string of the molecule is CCCc1ccc(OC(=O)c2ccc(C3CCC(c4ccc(C)c(F)c4F)CC3)c(F)c2F)c(F)c1F. The molecule has 0 spiro atoms. The van der Waals surface area contributed by atoms with E-state index >= 15 is 0 Å². The topological polar surface area (TPSA) is 26.3 Å². The van der Waals surface area contributed by atoms with Crippen LogP contribution in [0.3, 0.4) is 0 Å². The Hall–Kier alpha value is -3.29. The van der Waals surface area contributed by atoms with Crippen molar-refractivity contribution in [3.05, 3.63) is 99.1 Å². The van der Waals surface area contributed by atoms with Gasteiger partial charge in [-0.25, -0.2) is 26.7 Å². The van der Waals surface area contributed by atoms with Crippen LogP contribution in [0.15, 0.2) is 36.4 Å². The summed E-state index contributed by atoms with van der Waals surface area (Å²) in [5.74, 6) is -9.66. The molecule has 0 atom stereocenters. The standard InChI is InChI=1S/C29H26F6O2/c1-3-4-18-10-14-22(28(35)24(18)31)37-29(36)21-13-12-20(26(33)27(21)34)17-8-6-16(7-9-17)19-11-5-15(2)23(30)25(19)32/h5,10-14,16-17H,3-4,6-9H2,1-2H3. The number of esters is 1. The summed E-state index contributed by atoms with van der Waals surface area (Å²) in [6.07, 6.45) is 2.59. The zero-order valence-electron chi connectivity index (χ0n) is 20.4. The highest BCUT2D eigenvalue weighted by molar-refractivity contribution is 5.91. The summed E-state index contributed by atoms with van der Waals surface area (Å²) in [6, 6.07) is 7.76. The van der Waals surface area contributed by atoms with Crippen molar-refractivity contribution in [3.63, 3.8) is 0 Å². The van der Waals surface area contributed by atoms with Crippen LogP contribution in [0.1, 0.15) is 83.5 Å². The summed E-state index contributed by atoms with van der Waals surface area (Å²) in [7, 11) is 0. The average molecular weight is 521 g/mol. The van der Waals surface area contributed by atoms with Crippen molar-refractivity contribution < 1.29 is 35.9 Å². The van der Waals surface area contributed by atoms with Crippen molar-refractivity contribution in [1.29, 1.82) is 0 Å². The Morgan fingerprint density at radius 2 is 1.30 bits per heavy atom. The number of halogens is 6. The van der Waals surface area contributed by atoms with Crippen molar-refractivity contribution in [2.24, 2.45) is 0 Å². The zero-order valence-corrected chi connectivity index (χ0v) is 20.4. The van der Waals surface area contributed by atoms with Gasteiger partial charge in [0.15, 0.2) is 34.8 Å². The smallest absolute Gasteiger partial charge is 0.346 e. The van der Waals surface area contributed by atoms with E-state index in [-0.39, 0.29) is 40.5 Å². The van der Waals surface area contributed by atoms with Crippen molar-refractivity contribution >= 4 is 5.97 Å². The Morgan fingerprint density at radius 3 is 1.89 bits per heavy atom. The van der Waals surface area contributed by atoms with Crippen LogP contribution in [0, 0.1) is 41.8 Å². The number of ether oxygens (including phenoxy) is 1. The van der Waals surface area contributed by atoms with Crippen molar-refractivity contribution in [1.82, 2.24) is 0 Å². The number of hydrogen-bond donors (Lipinski definition) is 0. The van der Waals surface area contributed by atoms with Gasteiger partial charge in [-0.3, -0.25) is 0 Å². The van der Waals surface area contributed by atoms with Crippen LogP contribution in [-0.2, 0) is 6.42 Å². The molecular formula is C29H26F6O2. The second-order valence-electron chi connectivity index (χ2n) is 9.47. The molecule has 1 aliphatic carbocycles. The van der Waals surface area contributed by atoms with E-state index in [2.05, 4.69) is 0 Å². The predicted octanol–water partition coefficient (Wildman–Crippen LogP) is 8.44. The summed E-state index contributed by atoms with van der Waals surface area (Å²) in [5, 5.41) is 0. The van der Waals surface area contributed by atoms with E-state index in [9.17, 15) is 31.1 Å². The summed E-state index contributed by atoms with van der Waals surface area (Å²) in [6.45, 7) is 3.27. The molecule has 4 rings (SSSR count). The summed E-state index contributed by atoms with van der Waals surface area (Å²) in [4.78, 5) is 12.4. The van der Waals surface area contributed by atoms with Gasteiger partial charge < -0.3 is 4.74 Å². The second-order valence-corrected chi connectivity index (χ2v) is 9.47. The lowest BCUT2D eigenvalue weighted by atomic mass is 9.75. The minimum atomic E-state index is -1.44. The van der Waals surface area contributed by atoms with E-state index in [0.29, 0.717) is 32.1 Å². The number of rotatable bonds is 6. The van der Waals surface area contributed by atoms with Gasteiger partial charge in [-0.15, -0.1) is 0 Å². The minimum absolute atomic E-state index is 0.0594. The lowest BCUT2D eigenvalue weighted by molar-refractivity contribution is 0.0720. The molecular weight excluding hydrogens is 494 g/mol. The Bertz CT molecular complexity index is 1330. The van der Waals surface area contributed by atoms with Gasteiger partial charge in [0.2, 0.25) is 5.82 Å². The summed E-state index contributed by atoms with van der Waals surface area (Å²) in [5.41, 5.74) is -0.0784. The fourth-order valence-electron chi connectivity index (χ4n) is 5.00. The molecule has 0 saturated heterocycles. The molecule has 0 N–H and O–H groups in total. The highest BCUT2D eigenvalue weighted by atomic mass is 19.2. The van der Waals surface area contributed by atoms with Gasteiger partial charge in [-0.2, -0.15) is 4.39 Å². The van der Waals surface area contributed by atoms with Crippen LogP contribution in [0.5, 0.6) is 5.75 Å². The maximum Gasteiger partial charge on any atom is 0.346 e. The Labute approximate surface area is 211 Å². The van der Waals surface area contributed by atoms with Gasteiger partial charge in [-0.05, 0) is 85.3 Å². The maximum absolute atomic E-state index is 15.0. The Morgan fingerprint density at radius 1 is 0.730 bits per heavy atom. The average Bonchev–Trinajstić information content (AvgIpc) is 2.89. The van der Waals surface area contributed by atoms with E-state index in [1.165, 1.54) is 25.1 Å². The van der Waals surface area contributed by atoms with E-state index in [1.54, 1.807) is 13.0 Å². The van der Waals surface area contributed by atoms with Gasteiger partial charge in [0.1, 0.15) is 0 Å². The molecule has 0 amide bonds. The minimum Gasteiger partial charge on any atom is -0.420 e. The molecule has 8 heteroatoms. The number of hydrogen-bond acceptors (Lipinski definition) is 2. The lowest BCUT2D eigenvalue weighted by Gasteiger charge is -2.29. The van der Waals surface area contributed by atoms with Crippen LogP contribution < -0.4 is 4.74 Å². The normalized spacial score (nSPS) is 17.6. The first-order chi connectivity index (χ1) is 17.6. The molecule has 0 aliphatic heterocycles. The third-order valence-electron chi connectivity index (χ3n) is 7.09. The number of carbonyl (C=O) groups excluding carboxylic acids is 1. The van der Waals surface area contributed by atoms with Crippen LogP contribution in [-0.4, -0.2) is 5.97 Å². The van der Waals surface area contributed by atoms with Crippen LogP contribution in [0.2, 0.25) is 0 Å². The van der Waals surface area contributed by atoms with Crippen LogP contribution in [0.25, 0.3) is 0 Å². The number of benzene rings is 3. The van der Waals surface area contributed by atoms with Crippen molar-refractivity contribution in [2.75, 3.05) is 0 Å². The molecule has 1 fully saturated rings. The highest BCUT2D eigenvalue weighted by Gasteiger charge is 2.30. The van der Waals surface area contributed by atoms with E-state index in [1.807, 2.05) is 0 Å². The first-order valence-corrected chi connectivity index (χ1v) is 12.2. The van der Waals surface area contributed by atoms with E-state index in [4.69, 9.17) is 4.74 Å².